The van der Waals surface area contributed by atoms with E-state index in [0.29, 0.717) is 13.0 Å². The molecule has 0 aromatic heterocycles. The zero-order valence-corrected chi connectivity index (χ0v) is 13.0. The Bertz CT molecular complexity index is 471. The van der Waals surface area contributed by atoms with Crippen molar-refractivity contribution >= 4 is 11.8 Å². The Labute approximate surface area is 129 Å². The highest BCUT2D eigenvalue weighted by molar-refractivity contribution is 6.35. The topological polar surface area (TPSA) is 85.9 Å². The van der Waals surface area contributed by atoms with E-state index >= 15 is 0 Å². The third-order valence-corrected chi connectivity index (χ3v) is 3.02. The number of amides is 2. The van der Waals surface area contributed by atoms with E-state index in [2.05, 4.69) is 10.6 Å². The average Bonchev–Trinajstić information content (AvgIpc) is 2.56. The molecule has 122 valence electrons. The number of hydrogen-bond donors (Lipinski definition) is 2. The predicted molar refractivity (Wildman–Crippen MR) is 80.5 cm³/mol. The number of methoxy groups -OCH3 is 3. The van der Waals surface area contributed by atoms with Crippen LogP contribution in [0.15, 0.2) is 24.3 Å². The summed E-state index contributed by atoms with van der Waals surface area (Å²) in [6.45, 7) is 0.480. The number of benzene rings is 1. The fourth-order valence-electron chi connectivity index (χ4n) is 1.71. The van der Waals surface area contributed by atoms with Gasteiger partial charge in [-0.25, -0.2) is 0 Å². The number of nitrogens with one attached hydrogen (secondary N) is 2. The summed E-state index contributed by atoms with van der Waals surface area (Å²) in [5, 5.41) is 4.99. The Morgan fingerprint density at radius 2 is 1.59 bits per heavy atom. The quantitative estimate of drug-likeness (QED) is 0.525. The molecule has 0 aliphatic rings. The van der Waals surface area contributed by atoms with Crippen LogP contribution in [-0.4, -0.2) is 52.5 Å². The molecule has 1 aromatic rings. The normalized spacial score (nSPS) is 10.4. The lowest BCUT2D eigenvalue weighted by Gasteiger charge is -2.13. The first-order chi connectivity index (χ1) is 10.6. The molecule has 2 amide bonds. The van der Waals surface area contributed by atoms with E-state index < -0.39 is 18.1 Å². The summed E-state index contributed by atoms with van der Waals surface area (Å²) >= 11 is 0. The van der Waals surface area contributed by atoms with Gasteiger partial charge in [0.1, 0.15) is 5.75 Å². The van der Waals surface area contributed by atoms with Crippen LogP contribution in [0.3, 0.4) is 0 Å². The van der Waals surface area contributed by atoms with Crippen molar-refractivity contribution in [1.29, 1.82) is 0 Å². The van der Waals surface area contributed by atoms with E-state index in [0.717, 1.165) is 11.3 Å². The van der Waals surface area contributed by atoms with Crippen LogP contribution >= 0.6 is 0 Å². The summed E-state index contributed by atoms with van der Waals surface area (Å²) in [5.41, 5.74) is 1.04. The monoisotopic (exact) mass is 310 g/mol. The Morgan fingerprint density at radius 1 is 1.00 bits per heavy atom. The predicted octanol–water partition coefficient (Wildman–Crippen LogP) is 0.0890. The zero-order chi connectivity index (χ0) is 16.4. The fraction of sp³-hybridized carbons (Fsp3) is 0.467. The van der Waals surface area contributed by atoms with Crippen LogP contribution in [0.4, 0.5) is 0 Å². The molecule has 1 aromatic carbocycles. The van der Waals surface area contributed by atoms with Crippen LogP contribution in [0.1, 0.15) is 5.56 Å². The van der Waals surface area contributed by atoms with E-state index in [4.69, 9.17) is 14.2 Å². The SMILES string of the molecule is COc1ccc(CCNC(=O)C(=O)NCC(OC)OC)cc1. The van der Waals surface area contributed by atoms with Crippen LogP contribution in [0.25, 0.3) is 0 Å². The molecule has 0 saturated heterocycles. The summed E-state index contributed by atoms with van der Waals surface area (Å²) in [6.07, 6.45) is 0.0537. The van der Waals surface area contributed by atoms with E-state index in [9.17, 15) is 9.59 Å². The molecule has 0 unspecified atom stereocenters. The second-order valence-electron chi connectivity index (χ2n) is 4.46. The molecule has 0 aliphatic heterocycles. The molecule has 22 heavy (non-hydrogen) atoms. The minimum absolute atomic E-state index is 0.109. The average molecular weight is 310 g/mol. The third-order valence-electron chi connectivity index (χ3n) is 3.02. The number of carbonyl (C=O) groups is 2. The van der Waals surface area contributed by atoms with Crippen molar-refractivity contribution in [1.82, 2.24) is 10.6 Å². The van der Waals surface area contributed by atoms with E-state index in [-0.39, 0.29) is 6.54 Å². The van der Waals surface area contributed by atoms with Crippen LogP contribution < -0.4 is 15.4 Å². The van der Waals surface area contributed by atoms with Gasteiger partial charge in [-0.1, -0.05) is 12.1 Å². The van der Waals surface area contributed by atoms with Crippen LogP contribution in [0, 0.1) is 0 Å². The van der Waals surface area contributed by atoms with Crippen LogP contribution in [0.2, 0.25) is 0 Å². The molecule has 0 fully saturated rings. The van der Waals surface area contributed by atoms with E-state index in [1.54, 1.807) is 7.11 Å². The Kier molecular flexibility index (Phi) is 7.95. The Morgan fingerprint density at radius 3 is 2.14 bits per heavy atom. The summed E-state index contributed by atoms with van der Waals surface area (Å²) in [5.74, 6) is -0.619. The van der Waals surface area contributed by atoms with Gasteiger partial charge in [0.2, 0.25) is 0 Å². The lowest BCUT2D eigenvalue weighted by molar-refractivity contribution is -0.141. The zero-order valence-electron chi connectivity index (χ0n) is 13.0. The maximum Gasteiger partial charge on any atom is 0.309 e. The van der Waals surface area contributed by atoms with Gasteiger partial charge in [0.15, 0.2) is 6.29 Å². The molecule has 1 rings (SSSR count). The summed E-state index contributed by atoms with van der Waals surface area (Å²) in [7, 11) is 4.51. The molecule has 0 saturated carbocycles. The molecule has 0 bridgehead atoms. The number of ether oxygens (including phenoxy) is 3. The molecule has 0 heterocycles. The highest BCUT2D eigenvalue weighted by Crippen LogP contribution is 2.11. The number of hydrogen-bond acceptors (Lipinski definition) is 5. The Balaban J connectivity index is 2.28. The Hall–Kier alpha value is -2.12. The van der Waals surface area contributed by atoms with E-state index in [1.165, 1.54) is 14.2 Å². The maximum atomic E-state index is 11.6. The van der Waals surface area contributed by atoms with Gasteiger partial charge in [0.25, 0.3) is 0 Å². The molecule has 0 atom stereocenters. The molecule has 2 N–H and O–H groups in total. The summed E-state index contributed by atoms with van der Waals surface area (Å²) < 4.78 is 14.9. The van der Waals surface area contributed by atoms with E-state index in [1.807, 2.05) is 24.3 Å². The van der Waals surface area contributed by atoms with Gasteiger partial charge in [0, 0.05) is 20.8 Å². The second kappa shape index (κ2) is 9.75. The first kappa shape index (κ1) is 17.9. The first-order valence-corrected chi connectivity index (χ1v) is 6.85. The van der Waals surface area contributed by atoms with Crippen molar-refractivity contribution in [2.75, 3.05) is 34.4 Å². The van der Waals surface area contributed by atoms with Gasteiger partial charge in [-0.15, -0.1) is 0 Å². The van der Waals surface area contributed by atoms with Crippen LogP contribution in [-0.2, 0) is 25.5 Å². The minimum atomic E-state index is -0.714. The van der Waals surface area contributed by atoms with Crippen LogP contribution in [0.5, 0.6) is 5.75 Å². The molecule has 0 aliphatic carbocycles. The van der Waals surface area contributed by atoms with Gasteiger partial charge in [0.05, 0.1) is 13.7 Å². The van der Waals surface area contributed by atoms with Gasteiger partial charge < -0.3 is 24.8 Å². The highest BCUT2D eigenvalue weighted by atomic mass is 16.7. The lowest BCUT2D eigenvalue weighted by atomic mass is 10.1. The molecule has 0 radical (unpaired) electrons. The standard InChI is InChI=1S/C15H22N2O5/c1-20-12-6-4-11(5-7-12)8-9-16-14(18)15(19)17-10-13(21-2)22-3/h4-7,13H,8-10H2,1-3H3,(H,16,18)(H,17,19). The van der Waals surface area contributed by atoms with Crippen molar-refractivity contribution in [2.24, 2.45) is 0 Å². The summed E-state index contributed by atoms with van der Waals surface area (Å²) in [4.78, 5) is 23.2. The summed E-state index contributed by atoms with van der Waals surface area (Å²) in [6, 6.07) is 7.51. The van der Waals surface area contributed by atoms with Gasteiger partial charge in [-0.05, 0) is 24.1 Å². The molecule has 0 spiro atoms. The van der Waals surface area contributed by atoms with Crippen molar-refractivity contribution in [3.8, 4) is 5.75 Å². The smallest absolute Gasteiger partial charge is 0.309 e. The molecule has 7 heteroatoms. The third kappa shape index (κ3) is 6.11. The van der Waals surface area contributed by atoms with Crippen molar-refractivity contribution in [2.45, 2.75) is 12.7 Å². The minimum Gasteiger partial charge on any atom is -0.497 e. The van der Waals surface area contributed by atoms with Gasteiger partial charge >= 0.3 is 11.8 Å². The second-order valence-corrected chi connectivity index (χ2v) is 4.46. The molecule has 7 nitrogen and oxygen atoms in total. The maximum absolute atomic E-state index is 11.6. The fourth-order valence-corrected chi connectivity index (χ4v) is 1.71. The van der Waals surface area contributed by atoms with Crippen molar-refractivity contribution in [3.63, 3.8) is 0 Å². The molecular weight excluding hydrogens is 288 g/mol. The largest absolute Gasteiger partial charge is 0.497 e. The highest BCUT2D eigenvalue weighted by Gasteiger charge is 2.14. The van der Waals surface area contributed by atoms with Gasteiger partial charge in [-0.2, -0.15) is 0 Å². The number of carbonyl (C=O) groups excluding carboxylic acids is 2. The first-order valence-electron chi connectivity index (χ1n) is 6.85. The number of rotatable bonds is 8. The molecular formula is C15H22N2O5. The lowest BCUT2D eigenvalue weighted by Crippen LogP contribution is -2.43. The van der Waals surface area contributed by atoms with Gasteiger partial charge in [-0.3, -0.25) is 9.59 Å². The van der Waals surface area contributed by atoms with Crippen molar-refractivity contribution < 1.29 is 23.8 Å². The van der Waals surface area contributed by atoms with Crippen molar-refractivity contribution in [3.05, 3.63) is 29.8 Å².